The zero-order valence-corrected chi connectivity index (χ0v) is 17.9. The number of fused-ring (bicyclic) bond motifs is 2. The molecule has 0 radical (unpaired) electrons. The fourth-order valence-electron chi connectivity index (χ4n) is 3.46. The maximum atomic E-state index is 5.93. The standard InChI is InChI=1S/C26H22N4O2/c1-17-25(29-23-9-5-3-7-21(23)27-17)15-31-19-11-13-20(14-12-19)32-16-26-18(2)28-22-8-4-6-10-24(22)30-26/h3-14H,15-16H2,1-2H3. The summed E-state index contributed by atoms with van der Waals surface area (Å²) in [6.07, 6.45) is 0. The van der Waals surface area contributed by atoms with Crippen LogP contribution >= 0.6 is 0 Å². The van der Waals surface area contributed by atoms with E-state index < -0.39 is 0 Å². The van der Waals surface area contributed by atoms with Crippen molar-refractivity contribution in [3.63, 3.8) is 0 Å². The number of para-hydroxylation sites is 4. The Morgan fingerprint density at radius 2 is 0.844 bits per heavy atom. The van der Waals surface area contributed by atoms with Crippen molar-refractivity contribution in [1.29, 1.82) is 0 Å². The lowest BCUT2D eigenvalue weighted by atomic mass is 10.2. The monoisotopic (exact) mass is 422 g/mol. The fraction of sp³-hybridized carbons (Fsp3) is 0.154. The Labute approximate surface area is 185 Å². The Morgan fingerprint density at radius 1 is 0.500 bits per heavy atom. The molecule has 5 rings (SSSR count). The molecule has 0 fully saturated rings. The van der Waals surface area contributed by atoms with E-state index in [4.69, 9.17) is 9.47 Å². The van der Waals surface area contributed by atoms with Gasteiger partial charge < -0.3 is 9.47 Å². The number of ether oxygens (including phenoxy) is 2. The van der Waals surface area contributed by atoms with Crippen molar-refractivity contribution in [1.82, 2.24) is 19.9 Å². The van der Waals surface area contributed by atoms with Gasteiger partial charge in [0.25, 0.3) is 0 Å². The second-order valence-electron chi connectivity index (χ2n) is 7.54. The number of aromatic nitrogens is 4. The highest BCUT2D eigenvalue weighted by Crippen LogP contribution is 2.21. The average molecular weight is 422 g/mol. The normalized spacial score (nSPS) is 11.1. The van der Waals surface area contributed by atoms with Crippen molar-refractivity contribution in [3.05, 3.63) is 95.6 Å². The van der Waals surface area contributed by atoms with Crippen molar-refractivity contribution in [2.75, 3.05) is 0 Å². The first kappa shape index (κ1) is 19.9. The molecule has 3 aromatic carbocycles. The van der Waals surface area contributed by atoms with Gasteiger partial charge in [-0.3, -0.25) is 0 Å². The molecule has 0 unspecified atom stereocenters. The first-order valence-electron chi connectivity index (χ1n) is 10.5. The van der Waals surface area contributed by atoms with Crippen LogP contribution in [0.4, 0.5) is 0 Å². The van der Waals surface area contributed by atoms with Gasteiger partial charge in [-0.2, -0.15) is 0 Å². The molecule has 0 aliphatic rings. The minimum atomic E-state index is 0.357. The SMILES string of the molecule is Cc1nc2ccccc2nc1COc1ccc(OCc2nc3ccccc3nc2C)cc1. The molecular formula is C26H22N4O2. The molecule has 0 aliphatic heterocycles. The zero-order chi connectivity index (χ0) is 21.9. The fourth-order valence-corrected chi connectivity index (χ4v) is 3.46. The van der Waals surface area contributed by atoms with E-state index in [2.05, 4.69) is 19.9 Å². The smallest absolute Gasteiger partial charge is 0.132 e. The molecule has 0 atom stereocenters. The van der Waals surface area contributed by atoms with Crippen molar-refractivity contribution in [2.45, 2.75) is 27.1 Å². The van der Waals surface area contributed by atoms with Crippen LogP contribution in [0.3, 0.4) is 0 Å². The lowest BCUT2D eigenvalue weighted by Gasteiger charge is -2.11. The Balaban J connectivity index is 1.23. The zero-order valence-electron chi connectivity index (χ0n) is 17.9. The third kappa shape index (κ3) is 4.21. The van der Waals surface area contributed by atoms with E-state index in [1.54, 1.807) is 0 Å². The summed E-state index contributed by atoms with van der Waals surface area (Å²) < 4.78 is 11.9. The van der Waals surface area contributed by atoms with Crippen molar-refractivity contribution >= 4 is 22.1 Å². The van der Waals surface area contributed by atoms with Crippen molar-refractivity contribution in [2.24, 2.45) is 0 Å². The van der Waals surface area contributed by atoms with E-state index in [-0.39, 0.29) is 0 Å². The molecule has 158 valence electrons. The molecule has 6 heteroatoms. The van der Waals surface area contributed by atoms with Gasteiger partial charge in [0.05, 0.1) is 44.8 Å². The molecule has 0 saturated heterocycles. The number of rotatable bonds is 6. The molecular weight excluding hydrogens is 400 g/mol. The summed E-state index contributed by atoms with van der Waals surface area (Å²) in [5.41, 5.74) is 6.91. The van der Waals surface area contributed by atoms with Gasteiger partial charge in [-0.25, -0.2) is 19.9 Å². The largest absolute Gasteiger partial charge is 0.487 e. The summed E-state index contributed by atoms with van der Waals surface area (Å²) in [5, 5.41) is 0. The molecule has 0 amide bonds. The minimum absolute atomic E-state index is 0.357. The molecule has 0 bridgehead atoms. The molecule has 6 nitrogen and oxygen atoms in total. The van der Waals surface area contributed by atoms with Crippen LogP contribution in [0.1, 0.15) is 22.8 Å². The average Bonchev–Trinajstić information content (AvgIpc) is 2.82. The highest BCUT2D eigenvalue weighted by Gasteiger charge is 2.08. The number of hydrogen-bond acceptors (Lipinski definition) is 6. The summed E-state index contributed by atoms with van der Waals surface area (Å²) in [7, 11) is 0. The molecule has 0 spiro atoms. The Bertz CT molecular complexity index is 1290. The Hall–Kier alpha value is -4.06. The van der Waals surface area contributed by atoms with E-state index in [9.17, 15) is 0 Å². The molecule has 0 aliphatic carbocycles. The highest BCUT2D eigenvalue weighted by atomic mass is 16.5. The van der Waals surface area contributed by atoms with Crippen molar-refractivity contribution in [3.8, 4) is 11.5 Å². The number of aryl methyl sites for hydroxylation is 2. The third-order valence-corrected chi connectivity index (χ3v) is 5.26. The first-order chi connectivity index (χ1) is 15.7. The summed E-state index contributed by atoms with van der Waals surface area (Å²) in [5.74, 6) is 1.49. The highest BCUT2D eigenvalue weighted by molar-refractivity contribution is 5.74. The second kappa shape index (κ2) is 8.59. The van der Waals surface area contributed by atoms with Gasteiger partial charge in [-0.1, -0.05) is 24.3 Å². The van der Waals surface area contributed by atoms with E-state index in [1.165, 1.54) is 0 Å². The number of benzene rings is 3. The Kier molecular flexibility index (Phi) is 5.34. The predicted octanol–water partition coefficient (Wildman–Crippen LogP) is 5.35. The molecule has 32 heavy (non-hydrogen) atoms. The molecule has 0 saturated carbocycles. The van der Waals surface area contributed by atoms with Gasteiger partial charge in [0.2, 0.25) is 0 Å². The van der Waals surface area contributed by atoms with Gasteiger partial charge in [0.15, 0.2) is 0 Å². The quantitative estimate of drug-likeness (QED) is 0.367. The van der Waals surface area contributed by atoms with Gasteiger partial charge >= 0.3 is 0 Å². The number of nitrogens with zero attached hydrogens (tertiary/aromatic N) is 4. The van der Waals surface area contributed by atoms with E-state index in [1.807, 2.05) is 86.6 Å². The number of hydrogen-bond donors (Lipinski definition) is 0. The van der Waals surface area contributed by atoms with Gasteiger partial charge in [0, 0.05) is 0 Å². The summed E-state index contributed by atoms with van der Waals surface area (Å²) in [6, 6.07) is 23.2. The van der Waals surface area contributed by atoms with E-state index in [0.29, 0.717) is 13.2 Å². The van der Waals surface area contributed by atoms with Gasteiger partial charge in [-0.05, 0) is 62.4 Å². The Morgan fingerprint density at radius 3 is 1.22 bits per heavy atom. The van der Waals surface area contributed by atoms with Crippen LogP contribution in [-0.4, -0.2) is 19.9 Å². The second-order valence-corrected chi connectivity index (χ2v) is 7.54. The topological polar surface area (TPSA) is 70.0 Å². The van der Waals surface area contributed by atoms with Gasteiger partial charge in [-0.15, -0.1) is 0 Å². The van der Waals surface area contributed by atoms with Crippen LogP contribution in [0.2, 0.25) is 0 Å². The van der Waals surface area contributed by atoms with Crippen LogP contribution in [0, 0.1) is 13.8 Å². The molecule has 5 aromatic rings. The summed E-state index contributed by atoms with van der Waals surface area (Å²) in [4.78, 5) is 18.6. The maximum absolute atomic E-state index is 5.93. The summed E-state index contributed by atoms with van der Waals surface area (Å²) >= 11 is 0. The van der Waals surface area contributed by atoms with Crippen LogP contribution in [-0.2, 0) is 13.2 Å². The van der Waals surface area contributed by atoms with Gasteiger partial charge in [0.1, 0.15) is 24.7 Å². The summed E-state index contributed by atoms with van der Waals surface area (Å²) in [6.45, 7) is 4.62. The minimum Gasteiger partial charge on any atom is -0.487 e. The van der Waals surface area contributed by atoms with Crippen LogP contribution in [0.25, 0.3) is 22.1 Å². The first-order valence-corrected chi connectivity index (χ1v) is 10.5. The third-order valence-electron chi connectivity index (χ3n) is 5.26. The van der Waals surface area contributed by atoms with Crippen LogP contribution < -0.4 is 9.47 Å². The predicted molar refractivity (Wildman–Crippen MR) is 124 cm³/mol. The van der Waals surface area contributed by atoms with Crippen molar-refractivity contribution < 1.29 is 9.47 Å². The van der Waals surface area contributed by atoms with Crippen LogP contribution in [0.15, 0.2) is 72.8 Å². The molecule has 2 aromatic heterocycles. The molecule has 0 N–H and O–H groups in total. The van der Waals surface area contributed by atoms with E-state index in [0.717, 1.165) is 56.3 Å². The molecule has 2 heterocycles. The maximum Gasteiger partial charge on any atom is 0.132 e. The lowest BCUT2D eigenvalue weighted by Crippen LogP contribution is -2.04. The lowest BCUT2D eigenvalue weighted by molar-refractivity contribution is 0.291. The van der Waals surface area contributed by atoms with Crippen LogP contribution in [0.5, 0.6) is 11.5 Å². The van der Waals surface area contributed by atoms with E-state index >= 15 is 0 Å².